The van der Waals surface area contributed by atoms with E-state index < -0.39 is 0 Å². The van der Waals surface area contributed by atoms with E-state index in [1.165, 1.54) is 24.2 Å². The third kappa shape index (κ3) is 3.42. The zero-order valence-corrected chi connectivity index (χ0v) is 12.1. The van der Waals surface area contributed by atoms with Crippen LogP contribution in [0.2, 0.25) is 0 Å². The molecule has 0 aromatic heterocycles. The summed E-state index contributed by atoms with van der Waals surface area (Å²) in [5.74, 6) is 2.33. The minimum atomic E-state index is 0.405. The molecular formula is C15H23NOS. The monoisotopic (exact) mass is 265 g/mol. The van der Waals surface area contributed by atoms with E-state index in [1.807, 2.05) is 12.1 Å². The van der Waals surface area contributed by atoms with Crippen molar-refractivity contribution in [3.63, 3.8) is 0 Å². The topological polar surface area (TPSA) is 21.3 Å². The molecule has 0 aliphatic carbocycles. The molecule has 1 fully saturated rings. The molecule has 1 aliphatic rings. The molecule has 3 heteroatoms. The number of para-hydroxylation sites is 1. The summed E-state index contributed by atoms with van der Waals surface area (Å²) in [6.07, 6.45) is 3.83. The molecule has 1 aromatic carbocycles. The van der Waals surface area contributed by atoms with Crippen LogP contribution in [0.15, 0.2) is 24.3 Å². The van der Waals surface area contributed by atoms with Crippen LogP contribution in [0.1, 0.15) is 37.8 Å². The summed E-state index contributed by atoms with van der Waals surface area (Å²) < 4.78 is 5.45. The van der Waals surface area contributed by atoms with Gasteiger partial charge in [-0.25, -0.2) is 0 Å². The minimum absolute atomic E-state index is 0.405. The fraction of sp³-hybridized carbons (Fsp3) is 0.600. The van der Waals surface area contributed by atoms with Gasteiger partial charge in [-0.1, -0.05) is 25.1 Å². The molecule has 2 nitrogen and oxygen atoms in total. The fourth-order valence-electron chi connectivity index (χ4n) is 2.51. The lowest BCUT2D eigenvalue weighted by Gasteiger charge is -2.21. The molecular weight excluding hydrogens is 242 g/mol. The van der Waals surface area contributed by atoms with Gasteiger partial charge in [-0.2, -0.15) is 11.8 Å². The number of rotatable bonds is 6. The highest BCUT2D eigenvalue weighted by Gasteiger charge is 2.18. The molecule has 1 heterocycles. The van der Waals surface area contributed by atoms with Gasteiger partial charge >= 0.3 is 0 Å². The van der Waals surface area contributed by atoms with E-state index in [9.17, 15) is 0 Å². The molecule has 1 aromatic rings. The van der Waals surface area contributed by atoms with Crippen molar-refractivity contribution < 1.29 is 4.74 Å². The Morgan fingerprint density at radius 3 is 2.94 bits per heavy atom. The third-order valence-electron chi connectivity index (χ3n) is 3.54. The summed E-state index contributed by atoms with van der Waals surface area (Å²) in [5.41, 5.74) is 1.28. The fourth-order valence-corrected chi connectivity index (χ4v) is 3.72. The molecule has 100 valence electrons. The predicted molar refractivity (Wildman–Crippen MR) is 79.5 cm³/mol. The Morgan fingerprint density at radius 1 is 1.44 bits per heavy atom. The van der Waals surface area contributed by atoms with Crippen molar-refractivity contribution in [2.45, 2.75) is 37.5 Å². The molecule has 1 N–H and O–H groups in total. The quantitative estimate of drug-likeness (QED) is 0.848. The first kappa shape index (κ1) is 13.8. The second-order valence-electron chi connectivity index (χ2n) is 4.75. The molecule has 2 atom stereocenters. The zero-order valence-electron chi connectivity index (χ0n) is 11.3. The van der Waals surface area contributed by atoms with E-state index in [2.05, 4.69) is 36.1 Å². The number of nitrogens with one attached hydrogen (secondary N) is 1. The van der Waals surface area contributed by atoms with Crippen molar-refractivity contribution in [2.75, 3.05) is 19.4 Å². The predicted octanol–water partition coefficient (Wildman–Crippen LogP) is 3.63. The zero-order chi connectivity index (χ0) is 12.8. The van der Waals surface area contributed by atoms with Crippen LogP contribution in [0.3, 0.4) is 0 Å². The molecule has 18 heavy (non-hydrogen) atoms. The Bertz CT molecular complexity index is 363. The standard InChI is InChI=1S/C15H23NOS/c1-3-14(16-11-12-7-6-10-18-12)13-8-4-5-9-15(13)17-2/h4-5,8-9,12,14,16H,3,6-7,10-11H2,1-2H3. The van der Waals surface area contributed by atoms with Gasteiger partial charge in [0, 0.05) is 23.4 Å². The lowest BCUT2D eigenvalue weighted by molar-refractivity contribution is 0.396. The van der Waals surface area contributed by atoms with Crippen LogP contribution >= 0.6 is 11.8 Å². The Balaban J connectivity index is 1.98. The van der Waals surface area contributed by atoms with E-state index in [0.717, 1.165) is 24.0 Å². The number of hydrogen-bond donors (Lipinski definition) is 1. The number of methoxy groups -OCH3 is 1. The molecule has 1 aliphatic heterocycles. The van der Waals surface area contributed by atoms with E-state index in [-0.39, 0.29) is 0 Å². The van der Waals surface area contributed by atoms with Gasteiger partial charge in [-0.05, 0) is 31.1 Å². The average Bonchev–Trinajstić information content (AvgIpc) is 2.93. The smallest absolute Gasteiger partial charge is 0.123 e. The van der Waals surface area contributed by atoms with Crippen LogP contribution in [0.5, 0.6) is 5.75 Å². The number of ether oxygens (including phenoxy) is 1. The molecule has 2 rings (SSSR count). The number of hydrogen-bond acceptors (Lipinski definition) is 3. The van der Waals surface area contributed by atoms with E-state index >= 15 is 0 Å². The van der Waals surface area contributed by atoms with Crippen LogP contribution in [0.4, 0.5) is 0 Å². The van der Waals surface area contributed by atoms with Gasteiger partial charge in [0.15, 0.2) is 0 Å². The molecule has 2 unspecified atom stereocenters. The van der Waals surface area contributed by atoms with Crippen LogP contribution in [0.25, 0.3) is 0 Å². The highest BCUT2D eigenvalue weighted by atomic mass is 32.2. The van der Waals surface area contributed by atoms with E-state index in [4.69, 9.17) is 4.74 Å². The summed E-state index contributed by atoms with van der Waals surface area (Å²) in [5, 5.41) is 4.50. The normalized spacial score (nSPS) is 20.9. The summed E-state index contributed by atoms with van der Waals surface area (Å²) in [7, 11) is 1.75. The van der Waals surface area contributed by atoms with Gasteiger partial charge in [-0.3, -0.25) is 0 Å². The van der Waals surface area contributed by atoms with Crippen molar-refractivity contribution in [2.24, 2.45) is 0 Å². The van der Waals surface area contributed by atoms with Crippen LogP contribution < -0.4 is 10.1 Å². The highest BCUT2D eigenvalue weighted by Crippen LogP contribution is 2.29. The van der Waals surface area contributed by atoms with Crippen molar-refractivity contribution >= 4 is 11.8 Å². The van der Waals surface area contributed by atoms with Gasteiger partial charge in [-0.15, -0.1) is 0 Å². The van der Waals surface area contributed by atoms with Crippen LogP contribution in [-0.4, -0.2) is 24.7 Å². The van der Waals surface area contributed by atoms with Crippen molar-refractivity contribution in [1.82, 2.24) is 5.32 Å². The van der Waals surface area contributed by atoms with E-state index in [0.29, 0.717) is 6.04 Å². The molecule has 0 radical (unpaired) electrons. The summed E-state index contributed by atoms with van der Waals surface area (Å²) in [6.45, 7) is 3.34. The SMILES string of the molecule is CCC(NCC1CCCS1)c1ccccc1OC. The highest BCUT2D eigenvalue weighted by molar-refractivity contribution is 8.00. The molecule has 0 bridgehead atoms. The van der Waals surface area contributed by atoms with Gasteiger partial charge in [0.2, 0.25) is 0 Å². The number of thioether (sulfide) groups is 1. The largest absolute Gasteiger partial charge is 0.496 e. The Labute approximate surface area is 114 Å². The second-order valence-corrected chi connectivity index (χ2v) is 6.15. The maximum atomic E-state index is 5.45. The van der Waals surface area contributed by atoms with Crippen molar-refractivity contribution in [3.05, 3.63) is 29.8 Å². The molecule has 0 saturated carbocycles. The third-order valence-corrected chi connectivity index (χ3v) is 4.94. The Hall–Kier alpha value is -0.670. The minimum Gasteiger partial charge on any atom is -0.496 e. The lowest BCUT2D eigenvalue weighted by Crippen LogP contribution is -2.27. The van der Waals surface area contributed by atoms with Gasteiger partial charge in [0.25, 0.3) is 0 Å². The first-order chi connectivity index (χ1) is 8.85. The lowest BCUT2D eigenvalue weighted by atomic mass is 10.0. The molecule has 0 amide bonds. The second kappa shape index (κ2) is 7.05. The van der Waals surface area contributed by atoms with Crippen LogP contribution in [-0.2, 0) is 0 Å². The maximum absolute atomic E-state index is 5.45. The van der Waals surface area contributed by atoms with Gasteiger partial charge in [0.05, 0.1) is 7.11 Å². The van der Waals surface area contributed by atoms with Crippen molar-refractivity contribution in [1.29, 1.82) is 0 Å². The Kier molecular flexibility index (Phi) is 5.39. The summed E-state index contributed by atoms with van der Waals surface area (Å²) in [6, 6.07) is 8.74. The first-order valence-electron chi connectivity index (χ1n) is 6.83. The van der Waals surface area contributed by atoms with Crippen molar-refractivity contribution in [3.8, 4) is 5.75 Å². The molecule has 1 saturated heterocycles. The van der Waals surface area contributed by atoms with Gasteiger partial charge in [0.1, 0.15) is 5.75 Å². The van der Waals surface area contributed by atoms with Crippen LogP contribution in [0, 0.1) is 0 Å². The molecule has 0 spiro atoms. The number of benzene rings is 1. The summed E-state index contributed by atoms with van der Waals surface area (Å²) in [4.78, 5) is 0. The van der Waals surface area contributed by atoms with E-state index in [1.54, 1.807) is 7.11 Å². The van der Waals surface area contributed by atoms with Gasteiger partial charge < -0.3 is 10.1 Å². The summed E-state index contributed by atoms with van der Waals surface area (Å²) >= 11 is 2.11. The maximum Gasteiger partial charge on any atom is 0.123 e. The average molecular weight is 265 g/mol. The first-order valence-corrected chi connectivity index (χ1v) is 7.88. The Morgan fingerprint density at radius 2 is 2.28 bits per heavy atom.